The number of allylic oxidation sites excluding steroid dienone is 1. The average molecular weight is 656 g/mol. The number of benzene rings is 2. The number of hydrogen-bond donors (Lipinski definition) is 1. The van der Waals surface area contributed by atoms with Crippen LogP contribution in [0.3, 0.4) is 0 Å². The third-order valence-electron chi connectivity index (χ3n) is 10.4. The highest BCUT2D eigenvalue weighted by Gasteiger charge is 2.72. The minimum absolute atomic E-state index is 0.0437. The molecule has 7 atom stereocenters. The van der Waals surface area contributed by atoms with Gasteiger partial charge in [0.15, 0.2) is 0 Å². The third kappa shape index (κ3) is 5.75. The summed E-state index contributed by atoms with van der Waals surface area (Å²) in [6.45, 7) is 6.22. The summed E-state index contributed by atoms with van der Waals surface area (Å²) in [5, 5.41) is 9.55. The Morgan fingerprint density at radius 2 is 1.67 bits per heavy atom. The summed E-state index contributed by atoms with van der Waals surface area (Å²) in [4.78, 5) is 62.0. The minimum Gasteiger partial charge on any atom is -0.455 e. The lowest BCUT2D eigenvalue weighted by molar-refractivity contribution is -0.164. The first kappa shape index (κ1) is 33.6. The molecule has 10 nitrogen and oxygen atoms in total. The molecule has 1 spiro atoms. The molecule has 2 saturated heterocycles. The van der Waals surface area contributed by atoms with Crippen LogP contribution in [0.4, 0.5) is 5.69 Å². The predicted molar refractivity (Wildman–Crippen MR) is 180 cm³/mol. The molecule has 0 unspecified atom stereocenters. The molecule has 4 aliphatic rings. The van der Waals surface area contributed by atoms with Gasteiger partial charge in [-0.3, -0.25) is 19.2 Å². The maximum absolute atomic E-state index is 14.8. The summed E-state index contributed by atoms with van der Waals surface area (Å²) < 4.78 is 13.2. The van der Waals surface area contributed by atoms with Crippen molar-refractivity contribution in [2.45, 2.75) is 76.3 Å². The van der Waals surface area contributed by atoms with Crippen LogP contribution in [0.25, 0.3) is 0 Å². The van der Waals surface area contributed by atoms with E-state index in [0.29, 0.717) is 19.3 Å². The number of para-hydroxylation sites is 1. The largest absolute Gasteiger partial charge is 0.455 e. The maximum atomic E-state index is 14.8. The van der Waals surface area contributed by atoms with E-state index in [4.69, 9.17) is 9.47 Å². The minimum atomic E-state index is -1.43. The lowest BCUT2D eigenvalue weighted by Gasteiger charge is -2.36. The van der Waals surface area contributed by atoms with E-state index in [9.17, 15) is 24.3 Å². The topological polar surface area (TPSA) is 117 Å². The lowest BCUT2D eigenvalue weighted by Crippen LogP contribution is -2.55. The van der Waals surface area contributed by atoms with Crippen molar-refractivity contribution in [1.29, 1.82) is 0 Å². The van der Waals surface area contributed by atoms with Crippen LogP contribution in [-0.4, -0.2) is 89.1 Å². The molecule has 0 radical (unpaired) electrons. The summed E-state index contributed by atoms with van der Waals surface area (Å²) in [5.74, 6) is -3.39. The van der Waals surface area contributed by atoms with E-state index < -0.39 is 47.7 Å². The quantitative estimate of drug-likeness (QED) is 0.284. The molecule has 254 valence electrons. The highest BCUT2D eigenvalue weighted by Crippen LogP contribution is 2.54. The van der Waals surface area contributed by atoms with Gasteiger partial charge in [0.25, 0.3) is 5.91 Å². The Morgan fingerprint density at radius 1 is 0.938 bits per heavy atom. The Kier molecular flexibility index (Phi) is 9.58. The standard InChI is InChI=1S/C38H45N3O7/c1-24-14-12-15-25(2)32(24)40-22-13-20-38-31(35(44)41(21-10-11-23-42)34(38)36(40)45)30-28(48-38)18-8-9-19-29(43)39(4)26(3)33(47-37(30)46)27-16-6-5-7-17-27/h5-8,12-18,20,26,28,30-31,33-34,42H,9-11,19,21-23H2,1-4H3/b18-8-/t26-,28-,30+,31+,33+,34-,38+/m0/s1. The number of rotatable bonds is 6. The van der Waals surface area contributed by atoms with Crippen molar-refractivity contribution in [3.8, 4) is 0 Å². The number of fused-ring (bicyclic) bond motifs is 2. The van der Waals surface area contributed by atoms with E-state index in [2.05, 4.69) is 0 Å². The number of aliphatic hydroxyl groups is 1. The van der Waals surface area contributed by atoms with E-state index in [-0.39, 0.29) is 43.8 Å². The van der Waals surface area contributed by atoms with Gasteiger partial charge in [-0.25, -0.2) is 0 Å². The number of ether oxygens (including phenoxy) is 2. The maximum Gasteiger partial charge on any atom is 0.313 e. The zero-order valence-corrected chi connectivity index (χ0v) is 28.1. The Labute approximate surface area is 282 Å². The third-order valence-corrected chi connectivity index (χ3v) is 10.4. The monoisotopic (exact) mass is 655 g/mol. The molecule has 10 heteroatoms. The SMILES string of the molecule is Cc1cccc(C)c1N1CC=C[C@@]23O[C@H]4/C=C\CCC(=O)N(C)[C@@H](C)[C@H](c5ccccc5)OC(=O)[C@H]4[C@@H]2C(=O)N(CCCCO)[C@H]3C1=O. The number of aryl methyl sites for hydroxylation is 2. The number of amides is 3. The van der Waals surface area contributed by atoms with Gasteiger partial charge in [0.05, 0.1) is 18.1 Å². The number of nitrogens with zero attached hydrogens (tertiary/aromatic N) is 3. The highest BCUT2D eigenvalue weighted by atomic mass is 16.6. The van der Waals surface area contributed by atoms with E-state index in [1.54, 1.807) is 27.8 Å². The van der Waals surface area contributed by atoms with Crippen LogP contribution in [0.5, 0.6) is 0 Å². The molecule has 0 aromatic heterocycles. The molecular weight excluding hydrogens is 610 g/mol. The van der Waals surface area contributed by atoms with Crippen LogP contribution < -0.4 is 4.90 Å². The first-order valence-corrected chi connectivity index (χ1v) is 16.9. The van der Waals surface area contributed by atoms with Crippen molar-refractivity contribution in [3.63, 3.8) is 0 Å². The summed E-state index contributed by atoms with van der Waals surface area (Å²) in [6, 6.07) is 13.6. The number of aliphatic hydroxyl groups excluding tert-OH is 1. The number of anilines is 1. The molecular formula is C38H45N3O7. The van der Waals surface area contributed by atoms with E-state index >= 15 is 0 Å². The zero-order valence-electron chi connectivity index (χ0n) is 28.1. The van der Waals surface area contributed by atoms with Gasteiger partial charge in [-0.1, -0.05) is 72.8 Å². The first-order valence-electron chi connectivity index (χ1n) is 16.9. The number of carbonyl (C=O) groups excluding carboxylic acids is 4. The van der Waals surface area contributed by atoms with Gasteiger partial charge in [-0.05, 0) is 56.7 Å². The van der Waals surface area contributed by atoms with Crippen molar-refractivity contribution >= 4 is 29.4 Å². The molecule has 0 saturated carbocycles. The van der Waals surface area contributed by atoms with Crippen molar-refractivity contribution in [2.24, 2.45) is 11.8 Å². The second kappa shape index (κ2) is 13.7. The summed E-state index contributed by atoms with van der Waals surface area (Å²) in [6.07, 6.45) is 7.20. The Morgan fingerprint density at radius 3 is 2.38 bits per heavy atom. The summed E-state index contributed by atoms with van der Waals surface area (Å²) in [5.41, 5.74) is 1.94. The van der Waals surface area contributed by atoms with Crippen LogP contribution in [0, 0.1) is 25.7 Å². The van der Waals surface area contributed by atoms with Crippen LogP contribution in [0.1, 0.15) is 55.4 Å². The van der Waals surface area contributed by atoms with Gasteiger partial charge in [-0.2, -0.15) is 0 Å². The fraction of sp³-hybridized carbons (Fsp3) is 0.474. The smallest absolute Gasteiger partial charge is 0.313 e. The first-order chi connectivity index (χ1) is 23.1. The lowest BCUT2D eigenvalue weighted by atomic mass is 9.77. The van der Waals surface area contributed by atoms with Gasteiger partial charge >= 0.3 is 5.97 Å². The van der Waals surface area contributed by atoms with Gasteiger partial charge in [0, 0.05) is 38.9 Å². The van der Waals surface area contributed by atoms with Crippen molar-refractivity contribution in [2.75, 3.05) is 31.6 Å². The van der Waals surface area contributed by atoms with Crippen molar-refractivity contribution in [3.05, 3.63) is 89.5 Å². The second-order valence-electron chi connectivity index (χ2n) is 13.4. The molecule has 48 heavy (non-hydrogen) atoms. The molecule has 0 bridgehead atoms. The molecule has 2 aromatic rings. The van der Waals surface area contributed by atoms with E-state index in [1.807, 2.05) is 87.5 Å². The van der Waals surface area contributed by atoms with Gasteiger partial charge in [0.1, 0.15) is 23.7 Å². The molecule has 4 heterocycles. The normalized spacial score (nSPS) is 31.4. The number of unbranched alkanes of at least 4 members (excludes halogenated alkanes) is 1. The Bertz CT molecular complexity index is 1600. The Hall–Kier alpha value is -4.28. The molecule has 6 rings (SSSR count). The van der Waals surface area contributed by atoms with E-state index in [0.717, 1.165) is 22.4 Å². The van der Waals surface area contributed by atoms with Crippen LogP contribution >= 0.6 is 0 Å². The molecule has 3 amide bonds. The number of carbonyl (C=O) groups is 4. The predicted octanol–water partition coefficient (Wildman–Crippen LogP) is 4.04. The number of likely N-dealkylation sites (N-methyl/N-ethyl adjacent to an activating group) is 1. The average Bonchev–Trinajstić information content (AvgIpc) is 3.46. The van der Waals surface area contributed by atoms with Gasteiger partial charge in [-0.15, -0.1) is 0 Å². The number of likely N-dealkylation sites (tertiary alicyclic amines) is 1. The fourth-order valence-electron chi connectivity index (χ4n) is 7.95. The van der Waals surface area contributed by atoms with Crippen LogP contribution in [0.2, 0.25) is 0 Å². The molecule has 2 aromatic carbocycles. The van der Waals surface area contributed by atoms with Crippen LogP contribution in [0.15, 0.2) is 72.8 Å². The van der Waals surface area contributed by atoms with Crippen LogP contribution in [-0.2, 0) is 28.7 Å². The van der Waals surface area contributed by atoms with Crippen molar-refractivity contribution < 1.29 is 33.8 Å². The van der Waals surface area contributed by atoms with E-state index in [1.165, 1.54) is 0 Å². The highest BCUT2D eigenvalue weighted by molar-refractivity contribution is 6.06. The number of cyclic esters (lactones) is 1. The Balaban J connectivity index is 1.45. The fourth-order valence-corrected chi connectivity index (χ4v) is 7.95. The zero-order chi connectivity index (χ0) is 34.2. The summed E-state index contributed by atoms with van der Waals surface area (Å²) >= 11 is 0. The molecule has 0 aliphatic carbocycles. The summed E-state index contributed by atoms with van der Waals surface area (Å²) in [7, 11) is 1.71. The second-order valence-corrected chi connectivity index (χ2v) is 13.4. The van der Waals surface area contributed by atoms with Gasteiger partial charge < -0.3 is 29.3 Å². The molecule has 1 N–H and O–H groups in total. The van der Waals surface area contributed by atoms with Gasteiger partial charge in [0.2, 0.25) is 11.8 Å². The number of esters is 1. The molecule has 4 aliphatic heterocycles. The number of hydrogen-bond acceptors (Lipinski definition) is 7. The molecule has 2 fully saturated rings. The van der Waals surface area contributed by atoms with Crippen molar-refractivity contribution in [1.82, 2.24) is 9.80 Å².